The highest BCUT2D eigenvalue weighted by Gasteiger charge is 2.10. The Hall–Kier alpha value is -3.15. The van der Waals surface area contributed by atoms with Gasteiger partial charge in [0, 0.05) is 23.4 Å². The van der Waals surface area contributed by atoms with Crippen molar-refractivity contribution in [1.82, 2.24) is 0 Å². The van der Waals surface area contributed by atoms with Crippen LogP contribution in [0.3, 0.4) is 0 Å². The Morgan fingerprint density at radius 2 is 1.96 bits per heavy atom. The fourth-order valence-corrected chi connectivity index (χ4v) is 2.14. The first-order valence-corrected chi connectivity index (χ1v) is 7.46. The van der Waals surface area contributed by atoms with Crippen molar-refractivity contribution in [3.8, 4) is 5.75 Å². The number of hydrogen-bond donors (Lipinski definition) is 1. The lowest BCUT2D eigenvalue weighted by atomic mass is 10.1. The SMILES string of the molecule is CCOc1ccc(/C=C/C(=O)Nc2ccc([N+](=O)[O-])c(C)c2)cc1. The quantitative estimate of drug-likeness (QED) is 0.495. The van der Waals surface area contributed by atoms with Gasteiger partial charge in [-0.15, -0.1) is 0 Å². The predicted molar refractivity (Wildman–Crippen MR) is 93.1 cm³/mol. The van der Waals surface area contributed by atoms with Crippen LogP contribution in [0.1, 0.15) is 18.1 Å². The van der Waals surface area contributed by atoms with E-state index in [9.17, 15) is 14.9 Å². The van der Waals surface area contributed by atoms with Gasteiger partial charge in [-0.25, -0.2) is 0 Å². The van der Waals surface area contributed by atoms with E-state index in [1.807, 2.05) is 31.2 Å². The van der Waals surface area contributed by atoms with Crippen LogP contribution in [0.4, 0.5) is 11.4 Å². The minimum Gasteiger partial charge on any atom is -0.494 e. The molecule has 0 unspecified atom stereocenters. The number of rotatable bonds is 6. The fourth-order valence-electron chi connectivity index (χ4n) is 2.14. The first-order chi connectivity index (χ1) is 11.5. The second-order valence-electron chi connectivity index (χ2n) is 5.08. The van der Waals surface area contributed by atoms with Crippen molar-refractivity contribution < 1.29 is 14.5 Å². The molecule has 0 aliphatic carbocycles. The predicted octanol–water partition coefficient (Wildman–Crippen LogP) is 3.95. The first kappa shape index (κ1) is 17.2. The Kier molecular flexibility index (Phi) is 5.68. The number of nitrogens with zero attached hydrogens (tertiary/aromatic N) is 1. The van der Waals surface area contributed by atoms with E-state index in [2.05, 4.69) is 5.32 Å². The zero-order valence-corrected chi connectivity index (χ0v) is 13.5. The van der Waals surface area contributed by atoms with E-state index < -0.39 is 4.92 Å². The Morgan fingerprint density at radius 3 is 2.54 bits per heavy atom. The summed E-state index contributed by atoms with van der Waals surface area (Å²) in [5, 5.41) is 13.5. The number of nitro benzene ring substituents is 1. The van der Waals surface area contributed by atoms with Gasteiger partial charge >= 0.3 is 0 Å². The van der Waals surface area contributed by atoms with Crippen LogP contribution in [0.5, 0.6) is 5.75 Å². The molecule has 1 amide bonds. The molecule has 6 heteroatoms. The number of ether oxygens (including phenoxy) is 1. The molecule has 0 heterocycles. The standard InChI is InChI=1S/C18H18N2O4/c1-3-24-16-8-4-14(5-9-16)6-11-18(21)19-15-7-10-17(20(22)23)13(2)12-15/h4-12H,3H2,1-2H3,(H,19,21)/b11-6+. The minimum absolute atomic E-state index is 0.0259. The molecule has 124 valence electrons. The Morgan fingerprint density at radius 1 is 1.25 bits per heavy atom. The Bertz CT molecular complexity index is 767. The molecular formula is C18H18N2O4. The lowest BCUT2D eigenvalue weighted by Crippen LogP contribution is -2.08. The molecule has 2 aromatic rings. The van der Waals surface area contributed by atoms with Gasteiger partial charge in [0.25, 0.3) is 5.69 Å². The molecule has 0 aliphatic rings. The van der Waals surface area contributed by atoms with Gasteiger partial charge in [0.05, 0.1) is 11.5 Å². The molecule has 1 N–H and O–H groups in total. The summed E-state index contributed by atoms with van der Waals surface area (Å²) >= 11 is 0. The molecule has 0 saturated heterocycles. The van der Waals surface area contributed by atoms with Crippen molar-refractivity contribution in [2.75, 3.05) is 11.9 Å². The molecule has 0 radical (unpaired) electrons. The molecule has 2 rings (SSSR count). The van der Waals surface area contributed by atoms with Crippen molar-refractivity contribution >= 4 is 23.4 Å². The van der Waals surface area contributed by atoms with E-state index in [1.54, 1.807) is 19.1 Å². The number of anilines is 1. The molecule has 0 atom stereocenters. The number of nitrogens with one attached hydrogen (secondary N) is 1. The summed E-state index contributed by atoms with van der Waals surface area (Å²) in [5.41, 5.74) is 1.90. The van der Waals surface area contributed by atoms with Gasteiger partial charge < -0.3 is 10.1 Å². The topological polar surface area (TPSA) is 81.5 Å². The first-order valence-electron chi connectivity index (χ1n) is 7.46. The van der Waals surface area contributed by atoms with Gasteiger partial charge in [0.1, 0.15) is 5.75 Å². The molecular weight excluding hydrogens is 308 g/mol. The van der Waals surface area contributed by atoms with Crippen LogP contribution in [0.2, 0.25) is 0 Å². The molecule has 0 aliphatic heterocycles. The maximum Gasteiger partial charge on any atom is 0.272 e. The van der Waals surface area contributed by atoms with Crippen molar-refractivity contribution in [3.63, 3.8) is 0 Å². The Balaban J connectivity index is 1.99. The second kappa shape index (κ2) is 7.92. The van der Waals surface area contributed by atoms with Crippen molar-refractivity contribution in [3.05, 3.63) is 69.8 Å². The zero-order valence-electron chi connectivity index (χ0n) is 13.5. The number of carbonyl (C=O) groups is 1. The number of amides is 1. The number of hydrogen-bond acceptors (Lipinski definition) is 4. The summed E-state index contributed by atoms with van der Waals surface area (Å²) in [4.78, 5) is 22.3. The van der Waals surface area contributed by atoms with E-state index >= 15 is 0 Å². The Labute approximate surface area is 139 Å². The molecule has 0 saturated carbocycles. The largest absolute Gasteiger partial charge is 0.494 e. The van der Waals surface area contributed by atoms with E-state index in [0.717, 1.165) is 11.3 Å². The smallest absolute Gasteiger partial charge is 0.272 e. The number of carbonyl (C=O) groups excluding carboxylic acids is 1. The lowest BCUT2D eigenvalue weighted by molar-refractivity contribution is -0.385. The van der Waals surface area contributed by atoms with Gasteiger partial charge in [-0.05, 0) is 49.8 Å². The highest BCUT2D eigenvalue weighted by molar-refractivity contribution is 6.02. The monoisotopic (exact) mass is 326 g/mol. The van der Waals surface area contributed by atoms with E-state index in [4.69, 9.17) is 4.74 Å². The molecule has 24 heavy (non-hydrogen) atoms. The number of aryl methyl sites for hydroxylation is 1. The van der Waals surface area contributed by atoms with Crippen molar-refractivity contribution in [2.24, 2.45) is 0 Å². The maximum absolute atomic E-state index is 11.9. The molecule has 0 aromatic heterocycles. The van der Waals surface area contributed by atoms with E-state index in [0.29, 0.717) is 17.9 Å². The third-order valence-electron chi connectivity index (χ3n) is 3.28. The minimum atomic E-state index is -0.452. The normalized spacial score (nSPS) is 10.6. The average molecular weight is 326 g/mol. The summed E-state index contributed by atoms with van der Waals surface area (Å²) in [7, 11) is 0. The van der Waals surface area contributed by atoms with Crippen molar-refractivity contribution in [1.29, 1.82) is 0 Å². The summed E-state index contributed by atoms with van der Waals surface area (Å²) in [6, 6.07) is 11.8. The summed E-state index contributed by atoms with van der Waals surface area (Å²) in [5.74, 6) is 0.470. The van der Waals surface area contributed by atoms with Gasteiger partial charge in [-0.1, -0.05) is 12.1 Å². The maximum atomic E-state index is 11.9. The second-order valence-corrected chi connectivity index (χ2v) is 5.08. The highest BCUT2D eigenvalue weighted by Crippen LogP contribution is 2.21. The van der Waals surface area contributed by atoms with Crippen LogP contribution in [0, 0.1) is 17.0 Å². The summed E-state index contributed by atoms with van der Waals surface area (Å²) in [6.07, 6.45) is 3.09. The van der Waals surface area contributed by atoms with Crippen LogP contribution in [-0.2, 0) is 4.79 Å². The van der Waals surface area contributed by atoms with Gasteiger partial charge in [0.2, 0.25) is 5.91 Å². The third-order valence-corrected chi connectivity index (χ3v) is 3.28. The molecule has 6 nitrogen and oxygen atoms in total. The molecule has 0 spiro atoms. The number of benzene rings is 2. The fraction of sp³-hybridized carbons (Fsp3) is 0.167. The molecule has 0 bridgehead atoms. The zero-order chi connectivity index (χ0) is 17.5. The van der Waals surface area contributed by atoms with Gasteiger partial charge in [-0.3, -0.25) is 14.9 Å². The highest BCUT2D eigenvalue weighted by atomic mass is 16.6. The summed E-state index contributed by atoms with van der Waals surface area (Å²) in [6.45, 7) is 4.15. The van der Waals surface area contributed by atoms with Crippen LogP contribution < -0.4 is 10.1 Å². The third kappa shape index (κ3) is 4.67. The van der Waals surface area contributed by atoms with Crippen LogP contribution >= 0.6 is 0 Å². The van der Waals surface area contributed by atoms with Crippen molar-refractivity contribution in [2.45, 2.75) is 13.8 Å². The lowest BCUT2D eigenvalue weighted by Gasteiger charge is -2.04. The molecule has 0 fully saturated rings. The van der Waals surface area contributed by atoms with E-state index in [-0.39, 0.29) is 11.6 Å². The number of nitro groups is 1. The van der Waals surface area contributed by atoms with E-state index in [1.165, 1.54) is 18.2 Å². The van der Waals surface area contributed by atoms with Gasteiger partial charge in [0.15, 0.2) is 0 Å². The average Bonchev–Trinajstić information content (AvgIpc) is 2.54. The van der Waals surface area contributed by atoms with Crippen LogP contribution in [0.15, 0.2) is 48.5 Å². The van der Waals surface area contributed by atoms with Gasteiger partial charge in [-0.2, -0.15) is 0 Å². The molecule has 2 aromatic carbocycles. The summed E-state index contributed by atoms with van der Waals surface area (Å²) < 4.78 is 5.35. The van der Waals surface area contributed by atoms with Crippen LogP contribution in [-0.4, -0.2) is 17.4 Å². The van der Waals surface area contributed by atoms with Crippen LogP contribution in [0.25, 0.3) is 6.08 Å².